The van der Waals surface area contributed by atoms with E-state index in [0.29, 0.717) is 0 Å². The first-order valence-electron chi connectivity index (χ1n) is 7.77. The highest BCUT2D eigenvalue weighted by atomic mass is 28.3. The molecule has 0 aromatic rings. The molecular formula is C15H33NO2Si2. The van der Waals surface area contributed by atoms with Crippen LogP contribution >= 0.6 is 0 Å². The largest absolute Gasteiger partial charge is 0.408 e. The number of carbonyl (C=O) groups is 1. The van der Waals surface area contributed by atoms with Crippen LogP contribution in [0.25, 0.3) is 0 Å². The van der Waals surface area contributed by atoms with Gasteiger partial charge in [-0.25, -0.2) is 0 Å². The molecule has 118 valence electrons. The molecule has 1 amide bonds. The Hall–Kier alpha value is -0.136. The van der Waals surface area contributed by atoms with Gasteiger partial charge in [0.1, 0.15) is 5.22 Å². The lowest BCUT2D eigenvalue weighted by atomic mass is 9.73. The zero-order valence-corrected chi connectivity index (χ0v) is 17.3. The second-order valence-electron chi connectivity index (χ2n) is 8.73. The summed E-state index contributed by atoms with van der Waals surface area (Å²) in [5.74, 6) is 0.243. The molecule has 5 heteroatoms. The van der Waals surface area contributed by atoms with Crippen LogP contribution < -0.4 is 0 Å². The van der Waals surface area contributed by atoms with Gasteiger partial charge in [0, 0.05) is 5.54 Å². The van der Waals surface area contributed by atoms with Crippen LogP contribution in [-0.2, 0) is 9.22 Å². The van der Waals surface area contributed by atoms with Crippen LogP contribution in [0, 0.1) is 5.41 Å². The van der Waals surface area contributed by atoms with Crippen LogP contribution in [0.5, 0.6) is 0 Å². The lowest BCUT2D eigenvalue weighted by molar-refractivity contribution is -0.195. The molecule has 1 saturated heterocycles. The first-order chi connectivity index (χ1) is 8.76. The van der Waals surface area contributed by atoms with Gasteiger partial charge in [-0.3, -0.25) is 4.79 Å². The molecular weight excluding hydrogens is 282 g/mol. The Kier molecular flexibility index (Phi) is 4.70. The molecule has 0 spiro atoms. The average molecular weight is 316 g/mol. The number of hydrogen-bond donors (Lipinski definition) is 0. The molecule has 0 saturated carbocycles. The van der Waals surface area contributed by atoms with Gasteiger partial charge in [0.2, 0.25) is 0 Å². The second-order valence-corrected chi connectivity index (χ2v) is 14.2. The van der Waals surface area contributed by atoms with E-state index in [-0.39, 0.29) is 22.9 Å². The van der Waals surface area contributed by atoms with Crippen molar-refractivity contribution in [3.05, 3.63) is 0 Å². The molecule has 0 aliphatic carbocycles. The van der Waals surface area contributed by atoms with Crippen molar-refractivity contribution in [2.45, 2.75) is 84.5 Å². The van der Waals surface area contributed by atoms with E-state index in [1.165, 1.54) is 0 Å². The molecule has 2 atom stereocenters. The summed E-state index contributed by atoms with van der Waals surface area (Å²) in [7, 11) is -2.54. The summed E-state index contributed by atoms with van der Waals surface area (Å²) in [6.07, 6.45) is 0. The minimum absolute atomic E-state index is 0.0434. The van der Waals surface area contributed by atoms with Gasteiger partial charge in [-0.2, -0.15) is 0 Å². The summed E-state index contributed by atoms with van der Waals surface area (Å²) in [6.45, 7) is 21.9. The summed E-state index contributed by atoms with van der Waals surface area (Å²) in [4.78, 5) is 15.1. The number of amides is 1. The number of nitrogens with zero attached hydrogens (tertiary/aromatic N) is 1. The highest BCUT2D eigenvalue weighted by Crippen LogP contribution is 2.49. The van der Waals surface area contributed by atoms with Crippen molar-refractivity contribution in [1.82, 2.24) is 4.90 Å². The quantitative estimate of drug-likeness (QED) is 0.592. The maximum Gasteiger partial charge on any atom is 0.252 e. The molecule has 1 fully saturated rings. The molecule has 0 aromatic heterocycles. The third-order valence-electron chi connectivity index (χ3n) is 4.05. The van der Waals surface area contributed by atoms with Crippen molar-refractivity contribution in [3.63, 3.8) is 0 Å². The molecule has 1 heterocycles. The summed E-state index contributed by atoms with van der Waals surface area (Å²) in [5, 5.41) is -0.480. The highest BCUT2D eigenvalue weighted by molar-refractivity contribution is 6.67. The zero-order chi connectivity index (χ0) is 16.1. The van der Waals surface area contributed by atoms with Crippen molar-refractivity contribution in [3.8, 4) is 0 Å². The van der Waals surface area contributed by atoms with Crippen molar-refractivity contribution < 1.29 is 9.22 Å². The van der Waals surface area contributed by atoms with Crippen LogP contribution in [0.15, 0.2) is 0 Å². The standard InChI is InChI=1S/C15H33NO2Si2/c1-13(2,3)11-15(19(7)8,18-20(9)10)12(17)16(11)14(4,5)6/h11,19-20H,1-10H3/t11-,15?/m1/s1. The first kappa shape index (κ1) is 17.9. The Morgan fingerprint density at radius 3 is 1.75 bits per heavy atom. The third-order valence-corrected chi connectivity index (χ3v) is 7.60. The van der Waals surface area contributed by atoms with Gasteiger partial charge < -0.3 is 9.33 Å². The monoisotopic (exact) mass is 315 g/mol. The summed E-state index contributed by atoms with van der Waals surface area (Å²) in [5.41, 5.74) is -0.0918. The number of likely N-dealkylation sites (tertiary alicyclic amines) is 1. The smallest absolute Gasteiger partial charge is 0.252 e. The highest BCUT2D eigenvalue weighted by Gasteiger charge is 2.68. The van der Waals surface area contributed by atoms with Crippen LogP contribution in [-0.4, -0.2) is 45.4 Å². The van der Waals surface area contributed by atoms with Gasteiger partial charge in [0.05, 0.1) is 14.8 Å². The minimum Gasteiger partial charge on any atom is -0.408 e. The Balaban J connectivity index is 3.34. The fraction of sp³-hybridized carbons (Fsp3) is 0.933. The molecule has 3 nitrogen and oxygen atoms in total. The van der Waals surface area contributed by atoms with Crippen LogP contribution in [0.1, 0.15) is 41.5 Å². The summed E-state index contributed by atoms with van der Waals surface area (Å²) >= 11 is 0. The molecule has 20 heavy (non-hydrogen) atoms. The van der Waals surface area contributed by atoms with Crippen LogP contribution in [0.3, 0.4) is 0 Å². The van der Waals surface area contributed by atoms with E-state index in [4.69, 9.17) is 4.43 Å². The van der Waals surface area contributed by atoms with Crippen molar-refractivity contribution in [2.75, 3.05) is 0 Å². The maximum absolute atomic E-state index is 13.0. The Morgan fingerprint density at radius 1 is 1.05 bits per heavy atom. The fourth-order valence-electron chi connectivity index (χ4n) is 3.47. The summed E-state index contributed by atoms with van der Waals surface area (Å²) in [6, 6.07) is 0.198. The predicted octanol–water partition coefficient (Wildman–Crippen LogP) is 2.81. The minimum atomic E-state index is -1.27. The van der Waals surface area contributed by atoms with E-state index in [1.807, 2.05) is 0 Å². The van der Waals surface area contributed by atoms with Gasteiger partial charge >= 0.3 is 0 Å². The van der Waals surface area contributed by atoms with E-state index < -0.39 is 23.1 Å². The number of hydrogen-bond acceptors (Lipinski definition) is 2. The topological polar surface area (TPSA) is 29.5 Å². The van der Waals surface area contributed by atoms with Crippen molar-refractivity contribution in [1.29, 1.82) is 0 Å². The first-order valence-corrected chi connectivity index (χ1v) is 13.4. The molecule has 1 aliphatic rings. The van der Waals surface area contributed by atoms with Gasteiger partial charge in [-0.15, -0.1) is 0 Å². The molecule has 0 radical (unpaired) electrons. The molecule has 0 N–H and O–H groups in total. The van der Waals surface area contributed by atoms with Crippen LogP contribution in [0.2, 0.25) is 26.2 Å². The number of carbonyl (C=O) groups excluding carboxylic acids is 1. The average Bonchev–Trinajstić information content (AvgIpc) is 2.16. The third kappa shape index (κ3) is 2.77. The Bertz CT molecular complexity index is 382. The van der Waals surface area contributed by atoms with E-state index in [0.717, 1.165) is 0 Å². The van der Waals surface area contributed by atoms with Gasteiger partial charge in [-0.1, -0.05) is 33.9 Å². The Morgan fingerprint density at radius 2 is 1.50 bits per heavy atom. The van der Waals surface area contributed by atoms with Crippen LogP contribution in [0.4, 0.5) is 0 Å². The normalized spacial score (nSPS) is 28.3. The second kappa shape index (κ2) is 5.25. The summed E-state index contributed by atoms with van der Waals surface area (Å²) < 4.78 is 6.42. The van der Waals surface area contributed by atoms with E-state index in [1.54, 1.807) is 0 Å². The zero-order valence-electron chi connectivity index (χ0n) is 15.0. The van der Waals surface area contributed by atoms with Gasteiger partial charge in [0.15, 0.2) is 9.04 Å². The van der Waals surface area contributed by atoms with Gasteiger partial charge in [-0.05, 0) is 39.3 Å². The molecule has 1 aliphatic heterocycles. The Labute approximate surface area is 128 Å². The lowest BCUT2D eigenvalue weighted by Crippen LogP contribution is -2.85. The molecule has 1 rings (SSSR count). The predicted molar refractivity (Wildman–Crippen MR) is 91.4 cm³/mol. The molecule has 0 bridgehead atoms. The van der Waals surface area contributed by atoms with E-state index in [2.05, 4.69) is 72.6 Å². The van der Waals surface area contributed by atoms with Crippen molar-refractivity contribution in [2.24, 2.45) is 5.41 Å². The van der Waals surface area contributed by atoms with Gasteiger partial charge in [0.25, 0.3) is 5.91 Å². The fourth-order valence-corrected chi connectivity index (χ4v) is 8.30. The maximum atomic E-state index is 13.0. The SMILES string of the molecule is C[SiH](C)OC1([SiH](C)C)C(=O)N(C(C)(C)C)[C@@H]1C(C)(C)C. The number of rotatable bonds is 3. The van der Waals surface area contributed by atoms with Crippen molar-refractivity contribution >= 4 is 23.7 Å². The number of β-lactam (4-membered cyclic amide) rings is 1. The molecule has 1 unspecified atom stereocenters. The van der Waals surface area contributed by atoms with E-state index >= 15 is 0 Å². The van der Waals surface area contributed by atoms with E-state index in [9.17, 15) is 4.79 Å². The lowest BCUT2D eigenvalue weighted by Gasteiger charge is -2.66. The molecule has 0 aromatic carbocycles.